The maximum Gasteiger partial charge on any atom is 0.113 e. The summed E-state index contributed by atoms with van der Waals surface area (Å²) in [5.41, 5.74) is 5.37. The minimum atomic E-state index is 0.723. The summed E-state index contributed by atoms with van der Waals surface area (Å²) in [7, 11) is 0. The summed E-state index contributed by atoms with van der Waals surface area (Å²) in [5.74, 6) is 0. The molecule has 0 saturated heterocycles. The van der Waals surface area contributed by atoms with Crippen LogP contribution in [0.25, 0.3) is 5.57 Å². The van der Waals surface area contributed by atoms with Crippen molar-refractivity contribution in [2.45, 2.75) is 13.0 Å². The Labute approximate surface area is 77.3 Å². The molecule has 0 amide bonds. The zero-order chi connectivity index (χ0) is 8.67. The molecule has 0 unspecified atom stereocenters. The van der Waals surface area contributed by atoms with E-state index >= 15 is 0 Å². The van der Waals surface area contributed by atoms with E-state index in [4.69, 9.17) is 4.74 Å². The fraction of sp³-hybridized carbons (Fsp3) is 0.167. The summed E-state index contributed by atoms with van der Waals surface area (Å²) in [6.45, 7) is 0.723. The second-order valence-electron chi connectivity index (χ2n) is 3.44. The lowest BCUT2D eigenvalue weighted by molar-refractivity contribution is 0.233. The molecular weight excluding hydrogens is 160 g/mol. The molecule has 0 aromatic heterocycles. The smallest absolute Gasteiger partial charge is 0.113 e. The zero-order valence-electron chi connectivity index (χ0n) is 7.29. The van der Waals surface area contributed by atoms with E-state index in [9.17, 15) is 0 Å². The molecule has 1 aromatic carbocycles. The van der Waals surface area contributed by atoms with Gasteiger partial charge in [-0.2, -0.15) is 0 Å². The number of ether oxygens (including phenoxy) is 1. The molecular formula is C12H10O. The van der Waals surface area contributed by atoms with Crippen LogP contribution in [0.2, 0.25) is 0 Å². The number of hydrogen-bond donors (Lipinski definition) is 0. The Morgan fingerprint density at radius 1 is 1.15 bits per heavy atom. The molecule has 0 radical (unpaired) electrons. The highest BCUT2D eigenvalue weighted by molar-refractivity contribution is 5.80. The first-order valence-electron chi connectivity index (χ1n) is 4.54. The average Bonchev–Trinajstić information content (AvgIpc) is 2.19. The number of rotatable bonds is 0. The first-order valence-corrected chi connectivity index (χ1v) is 4.54. The van der Waals surface area contributed by atoms with Crippen LogP contribution in [-0.2, 0) is 17.8 Å². The van der Waals surface area contributed by atoms with Crippen LogP contribution in [-0.4, -0.2) is 0 Å². The van der Waals surface area contributed by atoms with E-state index in [1.54, 1.807) is 0 Å². The standard InChI is InChI=1S/C12H10O/c1-3-9-4-2-6-11-8-13-7-10(5-1)12(9)11/h1-3,5-6,8H,4,7H2. The van der Waals surface area contributed by atoms with Crippen molar-refractivity contribution in [1.82, 2.24) is 0 Å². The predicted molar refractivity (Wildman–Crippen MR) is 52.1 cm³/mol. The first kappa shape index (κ1) is 6.96. The topological polar surface area (TPSA) is 9.23 Å². The van der Waals surface area contributed by atoms with Crippen LogP contribution in [0.5, 0.6) is 0 Å². The van der Waals surface area contributed by atoms with Crippen LogP contribution < -0.4 is 0 Å². The van der Waals surface area contributed by atoms with Gasteiger partial charge in [0.05, 0.1) is 6.26 Å². The molecule has 64 valence electrons. The van der Waals surface area contributed by atoms with Crippen LogP contribution in [0, 0.1) is 0 Å². The SMILES string of the molecule is C1=CC2=COCc3cccc(c32)C1. The quantitative estimate of drug-likeness (QED) is 0.581. The van der Waals surface area contributed by atoms with E-state index in [1.165, 1.54) is 22.3 Å². The van der Waals surface area contributed by atoms with Crippen molar-refractivity contribution >= 4 is 5.57 Å². The van der Waals surface area contributed by atoms with Crippen molar-refractivity contribution in [2.75, 3.05) is 0 Å². The summed E-state index contributed by atoms with van der Waals surface area (Å²) in [6.07, 6.45) is 7.25. The Morgan fingerprint density at radius 2 is 2.08 bits per heavy atom. The van der Waals surface area contributed by atoms with Gasteiger partial charge in [-0.15, -0.1) is 0 Å². The fourth-order valence-electron chi connectivity index (χ4n) is 2.03. The highest BCUT2D eigenvalue weighted by atomic mass is 16.5. The molecule has 0 N–H and O–H groups in total. The molecule has 13 heavy (non-hydrogen) atoms. The van der Waals surface area contributed by atoms with Crippen molar-refractivity contribution in [3.63, 3.8) is 0 Å². The lowest BCUT2D eigenvalue weighted by Crippen LogP contribution is -2.06. The van der Waals surface area contributed by atoms with Crippen LogP contribution in [0.1, 0.15) is 16.7 Å². The lowest BCUT2D eigenvalue weighted by atomic mass is 9.88. The summed E-state index contributed by atoms with van der Waals surface area (Å²) in [6, 6.07) is 6.45. The third kappa shape index (κ3) is 0.934. The summed E-state index contributed by atoms with van der Waals surface area (Å²) in [5, 5.41) is 0. The number of allylic oxidation sites excluding steroid dienone is 3. The molecule has 0 saturated carbocycles. The fourth-order valence-corrected chi connectivity index (χ4v) is 2.03. The van der Waals surface area contributed by atoms with Crippen LogP contribution in [0.3, 0.4) is 0 Å². The molecule has 3 rings (SSSR count). The van der Waals surface area contributed by atoms with Gasteiger partial charge >= 0.3 is 0 Å². The normalized spacial score (nSPS) is 17.4. The highest BCUT2D eigenvalue weighted by Gasteiger charge is 2.17. The van der Waals surface area contributed by atoms with Gasteiger partial charge in [-0.3, -0.25) is 0 Å². The average molecular weight is 170 g/mol. The van der Waals surface area contributed by atoms with Gasteiger partial charge in [0.2, 0.25) is 0 Å². The number of benzene rings is 1. The highest BCUT2D eigenvalue weighted by Crippen LogP contribution is 2.32. The van der Waals surface area contributed by atoms with Crippen molar-refractivity contribution in [1.29, 1.82) is 0 Å². The Morgan fingerprint density at radius 3 is 3.08 bits per heavy atom. The summed E-state index contributed by atoms with van der Waals surface area (Å²) in [4.78, 5) is 0. The molecule has 1 nitrogen and oxygen atoms in total. The van der Waals surface area contributed by atoms with Crippen LogP contribution >= 0.6 is 0 Å². The molecule has 1 aliphatic carbocycles. The third-order valence-corrected chi connectivity index (χ3v) is 2.61. The maximum atomic E-state index is 5.38. The van der Waals surface area contributed by atoms with Crippen molar-refractivity contribution < 1.29 is 4.74 Å². The largest absolute Gasteiger partial charge is 0.496 e. The number of hydrogen-bond acceptors (Lipinski definition) is 1. The Balaban J connectivity index is 2.32. The van der Waals surface area contributed by atoms with Gasteiger partial charge in [-0.1, -0.05) is 30.4 Å². The summed E-state index contributed by atoms with van der Waals surface area (Å²) >= 11 is 0. The minimum absolute atomic E-state index is 0.723. The Bertz CT molecular complexity index is 413. The van der Waals surface area contributed by atoms with E-state index in [1.807, 2.05) is 6.26 Å². The van der Waals surface area contributed by atoms with Crippen LogP contribution in [0.15, 0.2) is 36.6 Å². The monoisotopic (exact) mass is 170 g/mol. The van der Waals surface area contributed by atoms with E-state index in [2.05, 4.69) is 30.4 Å². The molecule has 1 aliphatic heterocycles. The van der Waals surface area contributed by atoms with Crippen molar-refractivity contribution in [3.05, 3.63) is 53.3 Å². The van der Waals surface area contributed by atoms with Crippen molar-refractivity contribution in [2.24, 2.45) is 0 Å². The molecule has 2 aliphatic rings. The van der Waals surface area contributed by atoms with Gasteiger partial charge in [0.1, 0.15) is 6.61 Å². The Kier molecular flexibility index (Phi) is 1.33. The lowest BCUT2D eigenvalue weighted by Gasteiger charge is -2.21. The van der Waals surface area contributed by atoms with Gasteiger partial charge in [0.15, 0.2) is 0 Å². The van der Waals surface area contributed by atoms with Gasteiger partial charge in [0, 0.05) is 5.57 Å². The third-order valence-electron chi connectivity index (χ3n) is 2.61. The minimum Gasteiger partial charge on any atom is -0.496 e. The van der Waals surface area contributed by atoms with Gasteiger partial charge in [-0.25, -0.2) is 0 Å². The van der Waals surface area contributed by atoms with E-state index in [0.717, 1.165) is 13.0 Å². The first-order chi connectivity index (χ1) is 6.45. The molecule has 0 atom stereocenters. The zero-order valence-corrected chi connectivity index (χ0v) is 7.29. The molecule has 1 aromatic rings. The van der Waals surface area contributed by atoms with Gasteiger partial charge in [0.25, 0.3) is 0 Å². The van der Waals surface area contributed by atoms with Crippen molar-refractivity contribution in [3.8, 4) is 0 Å². The van der Waals surface area contributed by atoms with E-state index in [0.29, 0.717) is 0 Å². The molecule has 0 spiro atoms. The summed E-state index contributed by atoms with van der Waals surface area (Å²) < 4.78 is 5.38. The van der Waals surface area contributed by atoms with Crippen LogP contribution in [0.4, 0.5) is 0 Å². The second-order valence-corrected chi connectivity index (χ2v) is 3.44. The molecule has 0 bridgehead atoms. The predicted octanol–water partition coefficient (Wildman–Crippen LogP) is 2.67. The molecule has 1 heteroatoms. The van der Waals surface area contributed by atoms with E-state index in [-0.39, 0.29) is 0 Å². The molecule has 1 heterocycles. The second kappa shape index (κ2) is 2.49. The van der Waals surface area contributed by atoms with E-state index < -0.39 is 0 Å². The van der Waals surface area contributed by atoms with Gasteiger partial charge in [-0.05, 0) is 23.1 Å². The van der Waals surface area contributed by atoms with Gasteiger partial charge < -0.3 is 4.74 Å². The maximum absolute atomic E-state index is 5.38. The molecule has 0 fully saturated rings. The Hall–Kier alpha value is -1.50.